The molecule has 0 saturated carbocycles. The van der Waals surface area contributed by atoms with Crippen LogP contribution in [0.1, 0.15) is 53.9 Å². The summed E-state index contributed by atoms with van der Waals surface area (Å²) in [7, 11) is 0. The van der Waals surface area contributed by atoms with Crippen LogP contribution < -0.4 is 5.32 Å². The van der Waals surface area contributed by atoms with Gasteiger partial charge in [0.2, 0.25) is 5.91 Å². The highest BCUT2D eigenvalue weighted by Crippen LogP contribution is 2.46. The number of aryl methyl sites for hydroxylation is 1. The van der Waals surface area contributed by atoms with Crippen molar-refractivity contribution in [1.29, 1.82) is 0 Å². The Balaban J connectivity index is 1.12. The number of hydrogen-bond donors (Lipinski definition) is 1. The van der Waals surface area contributed by atoms with Crippen molar-refractivity contribution in [3.05, 3.63) is 107 Å². The number of rotatable bonds is 7. The van der Waals surface area contributed by atoms with E-state index in [0.29, 0.717) is 5.41 Å². The normalized spacial score (nSPS) is 17.2. The van der Waals surface area contributed by atoms with E-state index in [0.717, 1.165) is 30.6 Å². The average Bonchev–Trinajstić information content (AvgIpc) is 3.23. The molecule has 3 heteroatoms. The molecule has 3 nitrogen and oxygen atoms in total. The fourth-order valence-corrected chi connectivity index (χ4v) is 5.89. The lowest BCUT2D eigenvalue weighted by atomic mass is 9.74. The molecular formula is C30H34N2O. The van der Waals surface area contributed by atoms with Gasteiger partial charge < -0.3 is 10.2 Å². The molecule has 1 aliphatic carbocycles. The molecule has 0 bridgehead atoms. The molecule has 1 aliphatic heterocycles. The van der Waals surface area contributed by atoms with Gasteiger partial charge in [0.1, 0.15) is 0 Å². The molecule has 1 saturated heterocycles. The Bertz CT molecular complexity index is 1020. The van der Waals surface area contributed by atoms with Gasteiger partial charge in [-0.3, -0.25) is 4.79 Å². The molecule has 1 amide bonds. The van der Waals surface area contributed by atoms with Crippen LogP contribution in [0.25, 0.3) is 0 Å². The van der Waals surface area contributed by atoms with Crippen LogP contribution in [0, 0.1) is 0 Å². The van der Waals surface area contributed by atoms with Gasteiger partial charge in [-0.1, -0.05) is 84.9 Å². The molecule has 1 spiro atoms. The van der Waals surface area contributed by atoms with Gasteiger partial charge in [0.15, 0.2) is 0 Å². The first-order valence-electron chi connectivity index (χ1n) is 12.4. The number of carbonyl (C=O) groups excluding carboxylic acids is 1. The Morgan fingerprint density at radius 2 is 1.42 bits per heavy atom. The summed E-state index contributed by atoms with van der Waals surface area (Å²) >= 11 is 0. The highest BCUT2D eigenvalue weighted by Gasteiger charge is 2.40. The molecular weight excluding hydrogens is 404 g/mol. The minimum Gasteiger partial charge on any atom is -0.355 e. The zero-order chi connectivity index (χ0) is 22.5. The first-order chi connectivity index (χ1) is 16.3. The molecule has 1 N–H and O–H groups in total. The summed E-state index contributed by atoms with van der Waals surface area (Å²) in [5.74, 6) is -0.169. The van der Waals surface area contributed by atoms with Gasteiger partial charge in [0.25, 0.3) is 0 Å². The molecule has 3 aromatic carbocycles. The second kappa shape index (κ2) is 9.93. The standard InChI is InChI=1S/C30H34N2O/c33-29(28(25-11-3-1-4-12-25)26-13-5-2-6-14-26)31-20-9-21-32-22-18-30(19-23-32)17-16-24-10-7-8-15-27(24)30/h1-8,10-15,28H,9,16-23H2,(H,31,33). The van der Waals surface area contributed by atoms with Crippen LogP contribution in [0.5, 0.6) is 0 Å². The number of piperidine rings is 1. The number of nitrogens with one attached hydrogen (secondary N) is 1. The third kappa shape index (κ3) is 4.74. The molecule has 1 heterocycles. The Kier molecular flexibility index (Phi) is 6.59. The van der Waals surface area contributed by atoms with E-state index < -0.39 is 0 Å². The van der Waals surface area contributed by atoms with Crippen molar-refractivity contribution in [2.75, 3.05) is 26.2 Å². The molecule has 0 atom stereocenters. The van der Waals surface area contributed by atoms with Gasteiger partial charge in [-0.15, -0.1) is 0 Å². The zero-order valence-corrected chi connectivity index (χ0v) is 19.4. The van der Waals surface area contributed by atoms with Crippen molar-refractivity contribution in [3.63, 3.8) is 0 Å². The van der Waals surface area contributed by atoms with E-state index in [1.165, 1.54) is 38.8 Å². The van der Waals surface area contributed by atoms with Crippen LogP contribution in [0.2, 0.25) is 0 Å². The number of nitrogens with zero attached hydrogens (tertiary/aromatic N) is 1. The summed E-state index contributed by atoms with van der Waals surface area (Å²) in [5.41, 5.74) is 5.68. The minimum atomic E-state index is -0.260. The Morgan fingerprint density at radius 1 is 0.818 bits per heavy atom. The predicted molar refractivity (Wildman–Crippen MR) is 134 cm³/mol. The van der Waals surface area contributed by atoms with Gasteiger partial charge in [-0.25, -0.2) is 0 Å². The van der Waals surface area contributed by atoms with Crippen molar-refractivity contribution >= 4 is 5.91 Å². The second-order valence-corrected chi connectivity index (χ2v) is 9.68. The summed E-state index contributed by atoms with van der Waals surface area (Å²) in [6, 6.07) is 29.3. The fraction of sp³-hybridized carbons (Fsp3) is 0.367. The summed E-state index contributed by atoms with van der Waals surface area (Å²) in [4.78, 5) is 15.7. The molecule has 2 aliphatic rings. The average molecular weight is 439 g/mol. The number of hydrogen-bond acceptors (Lipinski definition) is 2. The number of carbonyl (C=O) groups is 1. The van der Waals surface area contributed by atoms with Crippen LogP contribution in [-0.4, -0.2) is 37.0 Å². The third-order valence-corrected chi connectivity index (χ3v) is 7.75. The molecule has 1 fully saturated rings. The van der Waals surface area contributed by atoms with Crippen molar-refractivity contribution in [2.45, 2.75) is 43.4 Å². The lowest BCUT2D eigenvalue weighted by Gasteiger charge is -2.40. The summed E-state index contributed by atoms with van der Waals surface area (Å²) in [6.45, 7) is 4.11. The highest BCUT2D eigenvalue weighted by atomic mass is 16.1. The minimum absolute atomic E-state index is 0.0903. The van der Waals surface area contributed by atoms with E-state index in [1.54, 1.807) is 11.1 Å². The maximum absolute atomic E-state index is 13.2. The largest absolute Gasteiger partial charge is 0.355 e. The second-order valence-electron chi connectivity index (χ2n) is 9.68. The van der Waals surface area contributed by atoms with Crippen LogP contribution >= 0.6 is 0 Å². The Labute approximate surface area is 197 Å². The molecule has 0 radical (unpaired) electrons. The quantitative estimate of drug-likeness (QED) is 0.508. The maximum Gasteiger partial charge on any atom is 0.232 e. The third-order valence-electron chi connectivity index (χ3n) is 7.75. The van der Waals surface area contributed by atoms with Crippen LogP contribution in [0.3, 0.4) is 0 Å². The van der Waals surface area contributed by atoms with Gasteiger partial charge in [-0.2, -0.15) is 0 Å². The van der Waals surface area contributed by atoms with Gasteiger partial charge >= 0.3 is 0 Å². The highest BCUT2D eigenvalue weighted by molar-refractivity contribution is 5.87. The predicted octanol–water partition coefficient (Wildman–Crippen LogP) is 5.30. The number of fused-ring (bicyclic) bond motifs is 2. The first kappa shape index (κ1) is 21.9. The maximum atomic E-state index is 13.2. The van der Waals surface area contributed by atoms with E-state index in [-0.39, 0.29) is 11.8 Å². The van der Waals surface area contributed by atoms with Crippen molar-refractivity contribution in [3.8, 4) is 0 Å². The summed E-state index contributed by atoms with van der Waals surface area (Å²) < 4.78 is 0. The van der Waals surface area contributed by atoms with Crippen LogP contribution in [0.15, 0.2) is 84.9 Å². The van der Waals surface area contributed by atoms with Gasteiger partial charge in [0, 0.05) is 6.54 Å². The molecule has 0 unspecified atom stereocenters. The van der Waals surface area contributed by atoms with E-state index in [1.807, 2.05) is 60.7 Å². The van der Waals surface area contributed by atoms with E-state index >= 15 is 0 Å². The zero-order valence-electron chi connectivity index (χ0n) is 19.4. The molecule has 170 valence electrons. The van der Waals surface area contributed by atoms with Crippen molar-refractivity contribution in [2.24, 2.45) is 0 Å². The van der Waals surface area contributed by atoms with E-state index in [9.17, 15) is 4.79 Å². The van der Waals surface area contributed by atoms with Crippen LogP contribution in [0.4, 0.5) is 0 Å². The summed E-state index contributed by atoms with van der Waals surface area (Å²) in [6.07, 6.45) is 6.08. The molecule has 3 aromatic rings. The number of amides is 1. The fourth-order valence-electron chi connectivity index (χ4n) is 5.89. The Morgan fingerprint density at radius 3 is 2.09 bits per heavy atom. The van der Waals surface area contributed by atoms with Crippen molar-refractivity contribution < 1.29 is 4.79 Å². The lowest BCUT2D eigenvalue weighted by Crippen LogP contribution is -2.42. The SMILES string of the molecule is O=C(NCCCN1CCC2(CCc3ccccc32)CC1)C(c1ccccc1)c1ccccc1. The van der Waals surface area contributed by atoms with Crippen LogP contribution in [-0.2, 0) is 16.6 Å². The lowest BCUT2D eigenvalue weighted by molar-refractivity contribution is -0.121. The smallest absolute Gasteiger partial charge is 0.232 e. The monoisotopic (exact) mass is 438 g/mol. The molecule has 5 rings (SSSR count). The van der Waals surface area contributed by atoms with E-state index in [2.05, 4.69) is 34.5 Å². The Hall–Kier alpha value is -2.91. The van der Waals surface area contributed by atoms with Crippen molar-refractivity contribution in [1.82, 2.24) is 10.2 Å². The van der Waals surface area contributed by atoms with Gasteiger partial charge in [0.05, 0.1) is 5.92 Å². The molecule has 33 heavy (non-hydrogen) atoms. The number of likely N-dealkylation sites (tertiary alicyclic amines) is 1. The van der Waals surface area contributed by atoms with E-state index in [4.69, 9.17) is 0 Å². The van der Waals surface area contributed by atoms with Gasteiger partial charge in [-0.05, 0) is 79.4 Å². The first-order valence-corrected chi connectivity index (χ1v) is 12.4. The molecule has 0 aromatic heterocycles. The summed E-state index contributed by atoms with van der Waals surface area (Å²) in [5, 5.41) is 3.22. The topological polar surface area (TPSA) is 32.3 Å². The number of benzene rings is 3.